The second-order valence-electron chi connectivity index (χ2n) is 4.51. The monoisotopic (exact) mass is 361 g/mol. The fourth-order valence-corrected chi connectivity index (χ4v) is 2.50. The average Bonchev–Trinajstić information content (AvgIpc) is 2.31. The summed E-state index contributed by atoms with van der Waals surface area (Å²) in [5.74, 6) is 0. The number of alkyl halides is 3. The third-order valence-electron chi connectivity index (χ3n) is 2.68. The van der Waals surface area contributed by atoms with E-state index in [0.717, 1.165) is 25.4 Å². The Bertz CT molecular complexity index is 756. The first-order chi connectivity index (χ1) is 9.73. The van der Waals surface area contributed by atoms with Crippen LogP contribution in [0, 0.1) is 0 Å². The Morgan fingerprint density at radius 1 is 1.14 bits per heavy atom. The summed E-state index contributed by atoms with van der Waals surface area (Å²) in [6, 6.07) is 3.19. The van der Waals surface area contributed by atoms with E-state index in [1.807, 2.05) is 0 Å². The lowest BCUT2D eigenvalue weighted by molar-refractivity contribution is -0.138. The Kier molecular flexibility index (Phi) is 5.15. The molecule has 0 aliphatic carbocycles. The number of sulfonamides is 1. The summed E-state index contributed by atoms with van der Waals surface area (Å²) in [7, 11) is -6.90. The predicted molar refractivity (Wildman–Crippen MR) is 74.3 cm³/mol. The van der Waals surface area contributed by atoms with E-state index < -0.39 is 49.7 Å². The minimum Gasteiger partial charge on any atom is -0.273 e. The van der Waals surface area contributed by atoms with Crippen molar-refractivity contribution in [3.05, 3.63) is 29.3 Å². The first kappa shape index (κ1) is 18.7. The van der Waals surface area contributed by atoms with Crippen molar-refractivity contribution < 1.29 is 34.2 Å². The fourth-order valence-electron chi connectivity index (χ4n) is 1.65. The van der Waals surface area contributed by atoms with Gasteiger partial charge in [-0.2, -0.15) is 21.6 Å². The largest absolute Gasteiger partial charge is 0.418 e. The SMILES string of the molecule is CN(c1cccc(COS(C)(=O)=O)c1C(F)(F)F)S(C)(=O)=O. The average molecular weight is 361 g/mol. The summed E-state index contributed by atoms with van der Waals surface area (Å²) >= 11 is 0. The minimum absolute atomic E-state index is 0.472. The van der Waals surface area contributed by atoms with Crippen LogP contribution in [0.4, 0.5) is 18.9 Å². The van der Waals surface area contributed by atoms with Gasteiger partial charge in [0.05, 0.1) is 30.4 Å². The number of anilines is 1. The third kappa shape index (κ3) is 4.85. The summed E-state index contributed by atoms with van der Waals surface area (Å²) in [6.45, 7) is -0.848. The van der Waals surface area contributed by atoms with Gasteiger partial charge in [-0.15, -0.1) is 0 Å². The molecule has 1 rings (SSSR count). The molecular weight excluding hydrogens is 347 g/mol. The van der Waals surface area contributed by atoms with Gasteiger partial charge in [0.2, 0.25) is 10.0 Å². The Balaban J connectivity index is 3.48. The number of hydrogen-bond acceptors (Lipinski definition) is 5. The first-order valence-electron chi connectivity index (χ1n) is 5.71. The molecule has 0 saturated heterocycles. The van der Waals surface area contributed by atoms with Gasteiger partial charge >= 0.3 is 6.18 Å². The van der Waals surface area contributed by atoms with Crippen LogP contribution in [-0.4, -0.2) is 36.4 Å². The first-order valence-corrected chi connectivity index (χ1v) is 9.37. The van der Waals surface area contributed by atoms with Gasteiger partial charge in [0.1, 0.15) is 0 Å². The van der Waals surface area contributed by atoms with Crippen molar-refractivity contribution >= 4 is 25.8 Å². The molecule has 0 aromatic heterocycles. The van der Waals surface area contributed by atoms with E-state index in [0.29, 0.717) is 10.6 Å². The molecule has 0 aliphatic rings. The molecule has 0 saturated carbocycles. The van der Waals surface area contributed by atoms with Crippen molar-refractivity contribution in [2.75, 3.05) is 23.9 Å². The molecule has 11 heteroatoms. The van der Waals surface area contributed by atoms with Crippen LogP contribution in [0.5, 0.6) is 0 Å². The van der Waals surface area contributed by atoms with Crippen LogP contribution in [0.1, 0.15) is 11.1 Å². The zero-order valence-electron chi connectivity index (χ0n) is 11.9. The third-order valence-corrected chi connectivity index (χ3v) is 4.42. The lowest BCUT2D eigenvalue weighted by Crippen LogP contribution is -2.28. The van der Waals surface area contributed by atoms with Crippen LogP contribution in [-0.2, 0) is 37.1 Å². The van der Waals surface area contributed by atoms with E-state index >= 15 is 0 Å². The Morgan fingerprint density at radius 3 is 2.09 bits per heavy atom. The van der Waals surface area contributed by atoms with Crippen molar-refractivity contribution in [2.24, 2.45) is 0 Å². The Hall–Kier alpha value is -1.33. The molecule has 0 bridgehead atoms. The van der Waals surface area contributed by atoms with Gasteiger partial charge in [-0.3, -0.25) is 8.49 Å². The molecule has 0 amide bonds. The normalized spacial score (nSPS) is 13.2. The van der Waals surface area contributed by atoms with Gasteiger partial charge in [0.25, 0.3) is 10.1 Å². The van der Waals surface area contributed by atoms with E-state index in [9.17, 15) is 30.0 Å². The van der Waals surface area contributed by atoms with Crippen LogP contribution in [0.3, 0.4) is 0 Å². The van der Waals surface area contributed by atoms with E-state index in [-0.39, 0.29) is 0 Å². The van der Waals surface area contributed by atoms with E-state index in [1.165, 1.54) is 6.07 Å². The van der Waals surface area contributed by atoms with Crippen LogP contribution in [0.15, 0.2) is 18.2 Å². The van der Waals surface area contributed by atoms with Crippen LogP contribution < -0.4 is 4.31 Å². The van der Waals surface area contributed by atoms with Crippen molar-refractivity contribution in [3.63, 3.8) is 0 Å². The van der Waals surface area contributed by atoms with Gasteiger partial charge in [0.15, 0.2) is 0 Å². The topological polar surface area (TPSA) is 80.8 Å². The molecular formula is C11H14F3NO5S2. The van der Waals surface area contributed by atoms with Crippen molar-refractivity contribution in [1.29, 1.82) is 0 Å². The zero-order chi connectivity index (χ0) is 17.3. The second kappa shape index (κ2) is 6.05. The van der Waals surface area contributed by atoms with Crippen LogP contribution >= 0.6 is 0 Å². The summed E-state index contributed by atoms with van der Waals surface area (Å²) in [5, 5.41) is 0. The van der Waals surface area contributed by atoms with Crippen molar-refractivity contribution in [3.8, 4) is 0 Å². The number of halogens is 3. The summed E-state index contributed by atoms with van der Waals surface area (Å²) < 4.78 is 89.4. The smallest absolute Gasteiger partial charge is 0.273 e. The Labute approximate surface area is 126 Å². The van der Waals surface area contributed by atoms with Crippen LogP contribution in [0.2, 0.25) is 0 Å². The van der Waals surface area contributed by atoms with Gasteiger partial charge < -0.3 is 0 Å². The van der Waals surface area contributed by atoms with Crippen molar-refractivity contribution in [1.82, 2.24) is 0 Å². The number of nitrogens with zero attached hydrogens (tertiary/aromatic N) is 1. The molecule has 126 valence electrons. The van der Waals surface area contributed by atoms with Crippen molar-refractivity contribution in [2.45, 2.75) is 12.8 Å². The summed E-state index contributed by atoms with van der Waals surface area (Å²) in [6.07, 6.45) is -3.43. The molecule has 1 aromatic rings. The van der Waals surface area contributed by atoms with E-state index in [1.54, 1.807) is 0 Å². The highest BCUT2D eigenvalue weighted by Crippen LogP contribution is 2.39. The Morgan fingerprint density at radius 2 is 1.68 bits per heavy atom. The zero-order valence-corrected chi connectivity index (χ0v) is 13.5. The highest BCUT2D eigenvalue weighted by atomic mass is 32.2. The maximum absolute atomic E-state index is 13.3. The van der Waals surface area contributed by atoms with Gasteiger partial charge in [0, 0.05) is 7.05 Å². The number of benzene rings is 1. The lowest BCUT2D eigenvalue weighted by Gasteiger charge is -2.23. The maximum atomic E-state index is 13.3. The molecule has 6 nitrogen and oxygen atoms in total. The number of hydrogen-bond donors (Lipinski definition) is 0. The molecule has 0 radical (unpaired) electrons. The molecule has 0 spiro atoms. The quantitative estimate of drug-likeness (QED) is 0.744. The molecule has 0 heterocycles. The summed E-state index contributed by atoms with van der Waals surface area (Å²) in [5.41, 5.74) is -2.35. The molecule has 22 heavy (non-hydrogen) atoms. The second-order valence-corrected chi connectivity index (χ2v) is 8.16. The molecule has 0 unspecified atom stereocenters. The van der Waals surface area contributed by atoms with Crippen LogP contribution in [0.25, 0.3) is 0 Å². The van der Waals surface area contributed by atoms with Gasteiger partial charge in [-0.1, -0.05) is 12.1 Å². The molecule has 0 aliphatic heterocycles. The molecule has 0 atom stereocenters. The lowest BCUT2D eigenvalue weighted by atomic mass is 10.1. The van der Waals surface area contributed by atoms with Gasteiger partial charge in [-0.25, -0.2) is 8.42 Å². The number of rotatable bonds is 5. The molecule has 0 N–H and O–H groups in total. The summed E-state index contributed by atoms with van der Waals surface area (Å²) in [4.78, 5) is 0. The maximum Gasteiger partial charge on any atom is 0.418 e. The standard InChI is InChI=1S/C11H14F3NO5S2/c1-15(21(2,16)17)9-6-4-5-8(7-20-22(3,18)19)10(9)11(12,13)14/h4-6H,7H2,1-3H3. The van der Waals surface area contributed by atoms with Gasteiger partial charge in [-0.05, 0) is 11.6 Å². The van der Waals surface area contributed by atoms with E-state index in [2.05, 4.69) is 4.18 Å². The molecule has 0 fully saturated rings. The van der Waals surface area contributed by atoms with E-state index in [4.69, 9.17) is 0 Å². The fraction of sp³-hybridized carbons (Fsp3) is 0.455. The molecule has 1 aromatic carbocycles. The highest BCUT2D eigenvalue weighted by Gasteiger charge is 2.38. The minimum atomic E-state index is -4.88. The highest BCUT2D eigenvalue weighted by molar-refractivity contribution is 7.92. The predicted octanol–water partition coefficient (Wildman–Crippen LogP) is 1.58.